The Morgan fingerprint density at radius 3 is 2.65 bits per heavy atom. The number of amides is 1. The molecule has 1 saturated carbocycles. The topological polar surface area (TPSA) is 46.3 Å². The van der Waals surface area contributed by atoms with Gasteiger partial charge in [0.2, 0.25) is 5.91 Å². The lowest BCUT2D eigenvalue weighted by Crippen LogP contribution is -2.48. The minimum absolute atomic E-state index is 0.104. The lowest BCUT2D eigenvalue weighted by molar-refractivity contribution is -0.134. The van der Waals surface area contributed by atoms with Crippen molar-refractivity contribution in [1.82, 2.24) is 4.90 Å². The molecular weight excluding hydrogens is 232 g/mol. The average Bonchev–Trinajstić information content (AvgIpc) is 2.75. The van der Waals surface area contributed by atoms with Gasteiger partial charge in [-0.2, -0.15) is 11.8 Å². The predicted molar refractivity (Wildman–Crippen MR) is 75.1 cm³/mol. The van der Waals surface area contributed by atoms with Gasteiger partial charge in [-0.3, -0.25) is 4.79 Å². The van der Waals surface area contributed by atoms with Crippen LogP contribution in [0.1, 0.15) is 40.0 Å². The van der Waals surface area contributed by atoms with Crippen LogP contribution in [-0.2, 0) is 4.79 Å². The lowest BCUT2D eigenvalue weighted by Gasteiger charge is -2.28. The fraction of sp³-hybridized carbons (Fsp3) is 0.923. The second-order valence-corrected chi connectivity index (χ2v) is 6.84. The van der Waals surface area contributed by atoms with Crippen molar-refractivity contribution < 1.29 is 4.79 Å². The minimum Gasteiger partial charge on any atom is -0.341 e. The molecule has 0 aromatic rings. The van der Waals surface area contributed by atoms with Gasteiger partial charge in [-0.1, -0.05) is 20.8 Å². The first-order valence-corrected chi connectivity index (χ1v) is 7.66. The molecular formula is C13H26N2OS. The highest BCUT2D eigenvalue weighted by Gasteiger charge is 2.32. The SMILES string of the molecule is CCSC1CCC(N(C)C(=O)[C@@H](N)C(C)C)C1. The van der Waals surface area contributed by atoms with Gasteiger partial charge in [-0.05, 0) is 30.9 Å². The first-order chi connectivity index (χ1) is 7.97. The van der Waals surface area contributed by atoms with Gasteiger partial charge in [-0.15, -0.1) is 0 Å². The Morgan fingerprint density at radius 2 is 2.12 bits per heavy atom. The van der Waals surface area contributed by atoms with Crippen molar-refractivity contribution in [2.75, 3.05) is 12.8 Å². The van der Waals surface area contributed by atoms with Crippen LogP contribution in [0.3, 0.4) is 0 Å². The average molecular weight is 258 g/mol. The van der Waals surface area contributed by atoms with E-state index in [-0.39, 0.29) is 17.9 Å². The van der Waals surface area contributed by atoms with E-state index in [2.05, 4.69) is 6.92 Å². The molecule has 1 amide bonds. The molecule has 1 fully saturated rings. The van der Waals surface area contributed by atoms with E-state index in [1.165, 1.54) is 12.2 Å². The molecule has 0 radical (unpaired) electrons. The molecule has 2 unspecified atom stereocenters. The molecule has 4 heteroatoms. The Hall–Kier alpha value is -0.220. The number of rotatable bonds is 5. The Balaban J connectivity index is 2.48. The summed E-state index contributed by atoms with van der Waals surface area (Å²) >= 11 is 2.02. The van der Waals surface area contributed by atoms with Crippen molar-refractivity contribution in [2.24, 2.45) is 11.7 Å². The third-order valence-electron chi connectivity index (χ3n) is 3.66. The molecule has 0 bridgehead atoms. The molecule has 0 aromatic carbocycles. The van der Waals surface area contributed by atoms with E-state index < -0.39 is 0 Å². The Labute approximate surface area is 109 Å². The summed E-state index contributed by atoms with van der Waals surface area (Å²) < 4.78 is 0. The van der Waals surface area contributed by atoms with Gasteiger partial charge >= 0.3 is 0 Å². The largest absolute Gasteiger partial charge is 0.341 e. The number of carbonyl (C=O) groups is 1. The molecule has 0 saturated heterocycles. The number of carbonyl (C=O) groups excluding carboxylic acids is 1. The molecule has 3 nitrogen and oxygen atoms in total. The normalized spacial score (nSPS) is 26.2. The number of hydrogen-bond acceptors (Lipinski definition) is 3. The Kier molecular flexibility index (Phi) is 5.80. The smallest absolute Gasteiger partial charge is 0.239 e. The first kappa shape index (κ1) is 14.8. The molecule has 1 rings (SSSR count). The van der Waals surface area contributed by atoms with E-state index in [0.717, 1.165) is 18.1 Å². The third-order valence-corrected chi connectivity index (χ3v) is 4.89. The summed E-state index contributed by atoms with van der Waals surface area (Å²) in [5.74, 6) is 1.49. The van der Waals surface area contributed by atoms with Crippen LogP contribution < -0.4 is 5.73 Å². The summed E-state index contributed by atoms with van der Waals surface area (Å²) in [4.78, 5) is 14.0. The zero-order valence-corrected chi connectivity index (χ0v) is 12.3. The number of nitrogens with two attached hydrogens (primary N) is 1. The van der Waals surface area contributed by atoms with E-state index in [0.29, 0.717) is 6.04 Å². The third kappa shape index (κ3) is 3.88. The number of nitrogens with zero attached hydrogens (tertiary/aromatic N) is 1. The molecule has 1 aliphatic carbocycles. The van der Waals surface area contributed by atoms with Crippen LogP contribution in [0.4, 0.5) is 0 Å². The van der Waals surface area contributed by atoms with Gasteiger partial charge in [0.1, 0.15) is 0 Å². The van der Waals surface area contributed by atoms with Crippen LogP contribution in [0.2, 0.25) is 0 Å². The highest BCUT2D eigenvalue weighted by atomic mass is 32.2. The predicted octanol–water partition coefficient (Wildman–Crippen LogP) is 2.10. The van der Waals surface area contributed by atoms with E-state index in [4.69, 9.17) is 5.73 Å². The number of likely N-dealkylation sites (N-methyl/N-ethyl adjacent to an activating group) is 1. The molecule has 1 aliphatic rings. The van der Waals surface area contributed by atoms with Crippen molar-refractivity contribution in [3.05, 3.63) is 0 Å². The maximum atomic E-state index is 12.1. The molecule has 0 aromatic heterocycles. The summed E-state index contributed by atoms with van der Waals surface area (Å²) in [7, 11) is 1.91. The van der Waals surface area contributed by atoms with Gasteiger partial charge in [0, 0.05) is 18.3 Å². The number of thioether (sulfide) groups is 1. The molecule has 17 heavy (non-hydrogen) atoms. The lowest BCUT2D eigenvalue weighted by atomic mass is 10.0. The van der Waals surface area contributed by atoms with Crippen molar-refractivity contribution in [1.29, 1.82) is 0 Å². The van der Waals surface area contributed by atoms with E-state index >= 15 is 0 Å². The second-order valence-electron chi connectivity index (χ2n) is 5.26. The zero-order chi connectivity index (χ0) is 13.0. The highest BCUT2D eigenvalue weighted by Crippen LogP contribution is 2.32. The van der Waals surface area contributed by atoms with Crippen LogP contribution in [0, 0.1) is 5.92 Å². The van der Waals surface area contributed by atoms with Gasteiger partial charge in [0.05, 0.1) is 6.04 Å². The first-order valence-electron chi connectivity index (χ1n) is 6.61. The van der Waals surface area contributed by atoms with Crippen molar-refractivity contribution in [3.8, 4) is 0 Å². The highest BCUT2D eigenvalue weighted by molar-refractivity contribution is 7.99. The van der Waals surface area contributed by atoms with Crippen molar-refractivity contribution in [2.45, 2.75) is 57.4 Å². The molecule has 0 aliphatic heterocycles. The Morgan fingerprint density at radius 1 is 1.47 bits per heavy atom. The van der Waals surface area contributed by atoms with E-state index in [9.17, 15) is 4.79 Å². The van der Waals surface area contributed by atoms with Gasteiger partial charge in [-0.25, -0.2) is 0 Å². The van der Waals surface area contributed by atoms with E-state index in [1.807, 2.05) is 37.6 Å². The molecule has 0 heterocycles. The summed E-state index contributed by atoms with van der Waals surface area (Å²) in [5.41, 5.74) is 5.93. The monoisotopic (exact) mass is 258 g/mol. The quantitative estimate of drug-likeness (QED) is 0.821. The Bertz CT molecular complexity index is 258. The fourth-order valence-electron chi connectivity index (χ4n) is 2.36. The second kappa shape index (κ2) is 6.64. The maximum absolute atomic E-state index is 12.1. The fourth-order valence-corrected chi connectivity index (χ4v) is 3.49. The van der Waals surface area contributed by atoms with Gasteiger partial charge < -0.3 is 10.6 Å². The van der Waals surface area contributed by atoms with Crippen LogP contribution in [0.15, 0.2) is 0 Å². The standard InChI is InChI=1S/C13H26N2OS/c1-5-17-11-7-6-10(8-11)15(4)13(16)12(14)9(2)3/h9-12H,5-8,14H2,1-4H3/t10?,11?,12-/m0/s1. The summed E-state index contributed by atoms with van der Waals surface area (Å²) in [6, 6.07) is 0.0502. The maximum Gasteiger partial charge on any atom is 0.239 e. The van der Waals surface area contributed by atoms with Crippen LogP contribution in [0.5, 0.6) is 0 Å². The number of hydrogen-bond donors (Lipinski definition) is 1. The van der Waals surface area contributed by atoms with Crippen LogP contribution in [-0.4, -0.2) is 40.9 Å². The van der Waals surface area contributed by atoms with Crippen LogP contribution >= 0.6 is 11.8 Å². The summed E-state index contributed by atoms with van der Waals surface area (Å²) in [6.45, 7) is 6.20. The molecule has 100 valence electrons. The van der Waals surface area contributed by atoms with Gasteiger partial charge in [0.25, 0.3) is 0 Å². The molecule has 2 N–H and O–H groups in total. The minimum atomic E-state index is -0.349. The summed E-state index contributed by atoms with van der Waals surface area (Å²) in [6.07, 6.45) is 3.49. The van der Waals surface area contributed by atoms with Gasteiger partial charge in [0.15, 0.2) is 0 Å². The molecule has 3 atom stereocenters. The van der Waals surface area contributed by atoms with Crippen LogP contribution in [0.25, 0.3) is 0 Å². The van der Waals surface area contributed by atoms with Crippen molar-refractivity contribution >= 4 is 17.7 Å². The zero-order valence-electron chi connectivity index (χ0n) is 11.5. The summed E-state index contributed by atoms with van der Waals surface area (Å²) in [5, 5.41) is 0.732. The molecule has 0 spiro atoms. The van der Waals surface area contributed by atoms with Crippen molar-refractivity contribution in [3.63, 3.8) is 0 Å². The van der Waals surface area contributed by atoms with E-state index in [1.54, 1.807) is 0 Å².